The molecule has 0 heterocycles. The topological polar surface area (TPSA) is 32.3 Å². The highest BCUT2D eigenvalue weighted by molar-refractivity contribution is 7.99. The predicted molar refractivity (Wildman–Crippen MR) is 73.0 cm³/mol. The molecule has 0 aliphatic heterocycles. The van der Waals surface area contributed by atoms with Gasteiger partial charge in [0.25, 0.3) is 0 Å². The van der Waals surface area contributed by atoms with Gasteiger partial charge >= 0.3 is 0 Å². The molecule has 0 saturated heterocycles. The molecule has 2 N–H and O–H groups in total. The Bertz CT molecular complexity index is 187. The third-order valence-electron chi connectivity index (χ3n) is 3.62. The van der Waals surface area contributed by atoms with Gasteiger partial charge < -0.3 is 10.4 Å². The predicted octanol–water partition coefficient (Wildman–Crippen LogP) is 2.66. The molecular weight excluding hydrogens is 218 g/mol. The lowest BCUT2D eigenvalue weighted by Gasteiger charge is -2.31. The van der Waals surface area contributed by atoms with Crippen molar-refractivity contribution in [1.82, 2.24) is 5.32 Å². The highest BCUT2D eigenvalue weighted by Gasteiger charge is 2.23. The van der Waals surface area contributed by atoms with Gasteiger partial charge in [-0.2, -0.15) is 11.8 Å². The zero-order valence-corrected chi connectivity index (χ0v) is 11.7. The fourth-order valence-corrected chi connectivity index (χ4v) is 3.33. The zero-order chi connectivity index (χ0) is 12.0. The smallest absolute Gasteiger partial charge is 0.0575 e. The first kappa shape index (κ1) is 14.3. The monoisotopic (exact) mass is 245 g/mol. The third kappa shape index (κ3) is 4.64. The van der Waals surface area contributed by atoms with Crippen molar-refractivity contribution in [2.75, 3.05) is 12.8 Å². The van der Waals surface area contributed by atoms with Gasteiger partial charge in [0, 0.05) is 11.3 Å². The van der Waals surface area contributed by atoms with E-state index >= 15 is 0 Å². The normalized spacial score (nSPS) is 28.3. The molecule has 0 aromatic heterocycles. The van der Waals surface area contributed by atoms with E-state index in [1.54, 1.807) is 0 Å². The molecule has 96 valence electrons. The van der Waals surface area contributed by atoms with Gasteiger partial charge in [-0.3, -0.25) is 0 Å². The van der Waals surface area contributed by atoms with Crippen molar-refractivity contribution in [1.29, 1.82) is 0 Å². The lowest BCUT2D eigenvalue weighted by Crippen LogP contribution is -2.41. The Kier molecular flexibility index (Phi) is 6.78. The fraction of sp³-hybridized carbons (Fsp3) is 1.00. The molecule has 3 heteroatoms. The van der Waals surface area contributed by atoms with Crippen molar-refractivity contribution >= 4 is 11.8 Å². The van der Waals surface area contributed by atoms with Crippen LogP contribution in [-0.2, 0) is 0 Å². The number of aliphatic hydroxyl groups is 1. The molecule has 1 saturated carbocycles. The SMILES string of the molecule is CSC1CCCCC1NCCC(O)C(C)C. The van der Waals surface area contributed by atoms with Crippen LogP contribution >= 0.6 is 11.8 Å². The standard InChI is InChI=1S/C13H27NOS/c1-10(2)12(15)8-9-14-11-6-4-5-7-13(11)16-3/h10-15H,4-9H2,1-3H3. The highest BCUT2D eigenvalue weighted by Crippen LogP contribution is 2.27. The third-order valence-corrected chi connectivity index (χ3v) is 4.79. The van der Waals surface area contributed by atoms with Gasteiger partial charge in [0.2, 0.25) is 0 Å². The van der Waals surface area contributed by atoms with E-state index in [-0.39, 0.29) is 6.10 Å². The van der Waals surface area contributed by atoms with Crippen molar-refractivity contribution < 1.29 is 5.11 Å². The van der Waals surface area contributed by atoms with Crippen LogP contribution in [-0.4, -0.2) is 35.3 Å². The number of aliphatic hydroxyl groups excluding tert-OH is 1. The van der Waals surface area contributed by atoms with Crippen molar-refractivity contribution in [2.45, 2.75) is 63.3 Å². The van der Waals surface area contributed by atoms with E-state index in [4.69, 9.17) is 0 Å². The Balaban J connectivity index is 2.20. The van der Waals surface area contributed by atoms with Crippen LogP contribution in [0.15, 0.2) is 0 Å². The lowest BCUT2D eigenvalue weighted by molar-refractivity contribution is 0.114. The average molecular weight is 245 g/mol. The fourth-order valence-electron chi connectivity index (χ4n) is 2.36. The number of hydrogen-bond donors (Lipinski definition) is 2. The summed E-state index contributed by atoms with van der Waals surface area (Å²) in [6, 6.07) is 0.670. The molecule has 3 unspecified atom stereocenters. The molecule has 0 spiro atoms. The van der Waals surface area contributed by atoms with Gasteiger partial charge in [0.05, 0.1) is 6.10 Å². The second kappa shape index (κ2) is 7.57. The molecule has 3 atom stereocenters. The molecule has 1 aliphatic carbocycles. The van der Waals surface area contributed by atoms with Gasteiger partial charge in [-0.1, -0.05) is 26.7 Å². The van der Waals surface area contributed by atoms with Crippen LogP contribution in [0.1, 0.15) is 46.0 Å². The first-order valence-electron chi connectivity index (χ1n) is 6.59. The molecule has 16 heavy (non-hydrogen) atoms. The Hall–Kier alpha value is 0.270. The Morgan fingerprint density at radius 2 is 2.00 bits per heavy atom. The quantitative estimate of drug-likeness (QED) is 0.754. The van der Waals surface area contributed by atoms with E-state index < -0.39 is 0 Å². The first-order valence-corrected chi connectivity index (χ1v) is 7.88. The molecule has 1 aliphatic rings. The minimum atomic E-state index is -0.149. The van der Waals surface area contributed by atoms with Crippen molar-refractivity contribution in [2.24, 2.45) is 5.92 Å². The van der Waals surface area contributed by atoms with Crippen LogP contribution in [0.5, 0.6) is 0 Å². The molecule has 0 aromatic carbocycles. The summed E-state index contributed by atoms with van der Waals surface area (Å²) in [7, 11) is 0. The van der Waals surface area contributed by atoms with Crippen LogP contribution in [0.2, 0.25) is 0 Å². The minimum Gasteiger partial charge on any atom is -0.393 e. The summed E-state index contributed by atoms with van der Waals surface area (Å²) in [6.07, 6.45) is 8.36. The van der Waals surface area contributed by atoms with Crippen LogP contribution < -0.4 is 5.32 Å². The minimum absolute atomic E-state index is 0.149. The second-order valence-electron chi connectivity index (χ2n) is 5.22. The summed E-state index contributed by atoms with van der Waals surface area (Å²) in [5.74, 6) is 0.379. The summed E-state index contributed by atoms with van der Waals surface area (Å²) in [5.41, 5.74) is 0. The molecule has 1 fully saturated rings. The van der Waals surface area contributed by atoms with E-state index in [1.807, 2.05) is 11.8 Å². The van der Waals surface area contributed by atoms with Crippen molar-refractivity contribution in [3.63, 3.8) is 0 Å². The summed E-state index contributed by atoms with van der Waals surface area (Å²) >= 11 is 1.99. The van der Waals surface area contributed by atoms with E-state index in [1.165, 1.54) is 25.7 Å². The summed E-state index contributed by atoms with van der Waals surface area (Å²) < 4.78 is 0. The maximum atomic E-state index is 9.73. The van der Waals surface area contributed by atoms with E-state index in [0.29, 0.717) is 12.0 Å². The first-order chi connectivity index (χ1) is 7.65. The van der Waals surface area contributed by atoms with E-state index in [2.05, 4.69) is 25.4 Å². The van der Waals surface area contributed by atoms with E-state index in [0.717, 1.165) is 18.2 Å². The second-order valence-corrected chi connectivity index (χ2v) is 6.30. The molecule has 1 rings (SSSR count). The molecule has 2 nitrogen and oxygen atoms in total. The summed E-state index contributed by atoms with van der Waals surface area (Å²) in [4.78, 5) is 0. The largest absolute Gasteiger partial charge is 0.393 e. The van der Waals surface area contributed by atoms with Gasteiger partial charge in [0.15, 0.2) is 0 Å². The summed E-state index contributed by atoms with van der Waals surface area (Å²) in [6.45, 7) is 5.12. The van der Waals surface area contributed by atoms with E-state index in [9.17, 15) is 5.11 Å². The van der Waals surface area contributed by atoms with Crippen LogP contribution in [0.25, 0.3) is 0 Å². The Labute approximate surface area is 105 Å². The van der Waals surface area contributed by atoms with Crippen LogP contribution in [0.3, 0.4) is 0 Å². The molecule has 0 radical (unpaired) electrons. The highest BCUT2D eigenvalue weighted by atomic mass is 32.2. The van der Waals surface area contributed by atoms with Crippen molar-refractivity contribution in [3.05, 3.63) is 0 Å². The molecule has 0 bridgehead atoms. The molecule has 0 aromatic rings. The Morgan fingerprint density at radius 3 is 2.62 bits per heavy atom. The van der Waals surface area contributed by atoms with Crippen molar-refractivity contribution in [3.8, 4) is 0 Å². The summed E-state index contributed by atoms with van der Waals surface area (Å²) in [5, 5.41) is 14.1. The molecular formula is C13H27NOS. The maximum absolute atomic E-state index is 9.73. The van der Waals surface area contributed by atoms with Gasteiger partial charge in [0.1, 0.15) is 0 Å². The Morgan fingerprint density at radius 1 is 1.31 bits per heavy atom. The van der Waals surface area contributed by atoms with Crippen LogP contribution in [0.4, 0.5) is 0 Å². The molecule has 0 amide bonds. The van der Waals surface area contributed by atoms with Gasteiger partial charge in [-0.15, -0.1) is 0 Å². The number of thioether (sulfide) groups is 1. The average Bonchev–Trinajstić information content (AvgIpc) is 2.29. The van der Waals surface area contributed by atoms with Crippen LogP contribution in [0, 0.1) is 5.92 Å². The van der Waals surface area contributed by atoms with Gasteiger partial charge in [-0.05, 0) is 38.0 Å². The number of hydrogen-bond acceptors (Lipinski definition) is 3. The van der Waals surface area contributed by atoms with Gasteiger partial charge in [-0.25, -0.2) is 0 Å². The zero-order valence-electron chi connectivity index (χ0n) is 10.9. The number of rotatable bonds is 6. The maximum Gasteiger partial charge on any atom is 0.0575 e. The lowest BCUT2D eigenvalue weighted by atomic mass is 9.94. The number of nitrogens with one attached hydrogen (secondary N) is 1.